The van der Waals surface area contributed by atoms with E-state index in [2.05, 4.69) is 0 Å². The van der Waals surface area contributed by atoms with E-state index in [9.17, 15) is 24.3 Å². The summed E-state index contributed by atoms with van der Waals surface area (Å²) in [6.07, 6.45) is 0.736. The molecule has 0 aliphatic carbocycles. The van der Waals surface area contributed by atoms with Gasteiger partial charge in [0, 0.05) is 12.2 Å². The van der Waals surface area contributed by atoms with Crippen LogP contribution < -0.4 is 4.74 Å². The Hall–Kier alpha value is -3.82. The summed E-state index contributed by atoms with van der Waals surface area (Å²) in [6, 6.07) is 1.74. The molecule has 0 spiro atoms. The third-order valence-electron chi connectivity index (χ3n) is 2.85. The summed E-state index contributed by atoms with van der Waals surface area (Å²) in [4.78, 5) is 44.8. The van der Waals surface area contributed by atoms with E-state index >= 15 is 0 Å². The maximum Gasteiger partial charge on any atom is 0.370 e. The van der Waals surface area contributed by atoms with Crippen LogP contribution in [0.5, 0.6) is 11.5 Å². The quantitative estimate of drug-likeness (QED) is 0.204. The zero-order chi connectivity index (χ0) is 19.3. The lowest BCUT2D eigenvalue weighted by molar-refractivity contribution is -0.135. The number of allylic oxidation sites excluding steroid dienone is 1. The maximum absolute atomic E-state index is 12.2. The van der Waals surface area contributed by atoms with Crippen LogP contribution in [-0.4, -0.2) is 56.3 Å². The van der Waals surface area contributed by atoms with Crippen LogP contribution in [0.3, 0.4) is 0 Å². The zero-order valence-corrected chi connectivity index (χ0v) is 12.6. The highest BCUT2D eigenvalue weighted by atomic mass is 16.5. The Morgan fingerprint density at radius 3 is 2.00 bits per heavy atom. The van der Waals surface area contributed by atoms with Gasteiger partial charge in [0.2, 0.25) is 5.76 Å². The van der Waals surface area contributed by atoms with E-state index in [1.54, 1.807) is 0 Å². The monoisotopic (exact) mass is 352 g/mol. The number of phenolic OH excluding ortho intramolecular Hbond substituents is 1. The number of carboxylic acid groups (broad SMARTS) is 3. The summed E-state index contributed by atoms with van der Waals surface area (Å²) in [6.45, 7) is 0. The van der Waals surface area contributed by atoms with Crippen molar-refractivity contribution in [3.05, 3.63) is 46.7 Å². The second kappa shape index (κ2) is 7.64. The molecule has 1 rings (SSSR count). The lowest BCUT2D eigenvalue weighted by atomic mass is 10.0. The molecule has 0 fully saturated rings. The molecule has 0 amide bonds. The van der Waals surface area contributed by atoms with Crippen molar-refractivity contribution in [1.29, 1.82) is 0 Å². The van der Waals surface area contributed by atoms with Gasteiger partial charge in [-0.1, -0.05) is 0 Å². The van der Waals surface area contributed by atoms with Gasteiger partial charge in [0.1, 0.15) is 0 Å². The van der Waals surface area contributed by atoms with Crippen molar-refractivity contribution in [2.75, 3.05) is 7.11 Å². The first-order chi connectivity index (χ1) is 11.6. The van der Waals surface area contributed by atoms with Crippen LogP contribution in [0.25, 0.3) is 0 Å². The number of aliphatic hydroxyl groups excluding tert-OH is 1. The number of aromatic carboxylic acids is 1. The highest BCUT2D eigenvalue weighted by molar-refractivity contribution is 6.12. The van der Waals surface area contributed by atoms with E-state index in [1.807, 2.05) is 0 Å². The van der Waals surface area contributed by atoms with Gasteiger partial charge in [0.05, 0.1) is 23.8 Å². The number of carbonyl (C=O) groups excluding carboxylic acids is 1. The van der Waals surface area contributed by atoms with Crippen LogP contribution in [-0.2, 0) is 9.59 Å². The van der Waals surface area contributed by atoms with Gasteiger partial charge in [-0.05, 0) is 12.1 Å². The van der Waals surface area contributed by atoms with Crippen LogP contribution >= 0.6 is 0 Å². The molecular formula is C15H12O10. The summed E-state index contributed by atoms with van der Waals surface area (Å²) in [7, 11) is 1.11. The van der Waals surface area contributed by atoms with E-state index < -0.39 is 51.9 Å². The highest BCUT2D eigenvalue weighted by Gasteiger charge is 2.20. The van der Waals surface area contributed by atoms with E-state index in [0.717, 1.165) is 19.2 Å². The predicted octanol–water partition coefficient (Wildman–Crippen LogP) is 0.819. The smallest absolute Gasteiger partial charge is 0.370 e. The number of hydrogen-bond donors (Lipinski definition) is 5. The Labute approximate surface area is 139 Å². The van der Waals surface area contributed by atoms with Gasteiger partial charge >= 0.3 is 17.9 Å². The number of benzene rings is 1. The number of aromatic hydroxyl groups is 1. The molecule has 0 aliphatic rings. The van der Waals surface area contributed by atoms with E-state index in [4.69, 9.17) is 25.2 Å². The fourth-order valence-corrected chi connectivity index (χ4v) is 1.67. The summed E-state index contributed by atoms with van der Waals surface area (Å²) in [5.41, 5.74) is -1.89. The van der Waals surface area contributed by atoms with Gasteiger partial charge in [-0.2, -0.15) is 0 Å². The molecule has 0 bridgehead atoms. The van der Waals surface area contributed by atoms with Gasteiger partial charge in [0.25, 0.3) is 0 Å². The molecular weight excluding hydrogens is 340 g/mol. The third-order valence-corrected chi connectivity index (χ3v) is 2.85. The largest absolute Gasteiger partial charge is 0.504 e. The number of hydrogen-bond acceptors (Lipinski definition) is 7. The first kappa shape index (κ1) is 19.2. The molecule has 0 heterocycles. The third kappa shape index (κ3) is 4.58. The van der Waals surface area contributed by atoms with Crippen molar-refractivity contribution in [3.63, 3.8) is 0 Å². The van der Waals surface area contributed by atoms with Gasteiger partial charge in [0.15, 0.2) is 17.3 Å². The molecule has 132 valence electrons. The molecule has 0 aliphatic heterocycles. The molecule has 0 saturated heterocycles. The second-order valence-electron chi connectivity index (χ2n) is 4.48. The fourth-order valence-electron chi connectivity index (χ4n) is 1.67. The number of aliphatic carboxylic acids is 2. The number of methoxy groups -OCH3 is 1. The first-order valence-corrected chi connectivity index (χ1v) is 6.36. The van der Waals surface area contributed by atoms with Crippen LogP contribution in [0.4, 0.5) is 0 Å². The molecule has 0 radical (unpaired) electrons. The number of ketones is 1. The minimum absolute atomic E-state index is 0.317. The average Bonchev–Trinajstić information content (AvgIpc) is 2.53. The standard InChI is InChI=1S/C15H12O10/c1-25-11-5-6(13(19)20)2-8(12(11)18)9(16)3-7(14(21)22)4-10(17)15(23)24/h2-5,17-18H,1H3,(H,19,20)(H,21,22)(H,23,24)/b7-3+,10-4+. The number of aliphatic hydroxyl groups is 1. The van der Waals surface area contributed by atoms with Crippen LogP contribution in [0, 0.1) is 0 Å². The summed E-state index contributed by atoms with van der Waals surface area (Å²) in [5.74, 6) is -8.53. The molecule has 0 saturated carbocycles. The molecule has 0 aromatic heterocycles. The van der Waals surface area contributed by atoms with Crippen LogP contribution in [0.2, 0.25) is 0 Å². The SMILES string of the molecule is COc1cc(C(=O)O)cc(C(=O)/C=C(\C=C(\O)C(=O)O)C(=O)O)c1O. The van der Waals surface area contributed by atoms with Crippen molar-refractivity contribution < 1.29 is 49.4 Å². The Morgan fingerprint density at radius 1 is 0.960 bits per heavy atom. The Morgan fingerprint density at radius 2 is 1.56 bits per heavy atom. The second-order valence-corrected chi connectivity index (χ2v) is 4.48. The predicted molar refractivity (Wildman–Crippen MR) is 80.0 cm³/mol. The highest BCUT2D eigenvalue weighted by Crippen LogP contribution is 2.32. The molecule has 0 atom stereocenters. The Kier molecular flexibility index (Phi) is 5.87. The van der Waals surface area contributed by atoms with Gasteiger partial charge in [-0.3, -0.25) is 4.79 Å². The fraction of sp³-hybridized carbons (Fsp3) is 0.0667. The van der Waals surface area contributed by atoms with Crippen molar-refractivity contribution in [1.82, 2.24) is 0 Å². The van der Waals surface area contributed by atoms with Crippen molar-refractivity contribution >= 4 is 23.7 Å². The lowest BCUT2D eigenvalue weighted by Crippen LogP contribution is -2.08. The van der Waals surface area contributed by atoms with Gasteiger partial charge in [-0.15, -0.1) is 0 Å². The Bertz CT molecular complexity index is 816. The molecule has 10 nitrogen and oxygen atoms in total. The normalized spacial score (nSPS) is 11.7. The lowest BCUT2D eigenvalue weighted by Gasteiger charge is -2.09. The van der Waals surface area contributed by atoms with Gasteiger partial charge < -0.3 is 30.3 Å². The zero-order valence-electron chi connectivity index (χ0n) is 12.6. The molecule has 0 unspecified atom stereocenters. The summed E-state index contributed by atoms with van der Waals surface area (Å²) in [5, 5.41) is 45.5. The minimum atomic E-state index is -1.82. The van der Waals surface area contributed by atoms with E-state index in [0.29, 0.717) is 12.2 Å². The molecule has 10 heteroatoms. The van der Waals surface area contributed by atoms with E-state index in [-0.39, 0.29) is 5.75 Å². The maximum atomic E-state index is 12.2. The Balaban J connectivity index is 3.49. The number of carboxylic acids is 3. The first-order valence-electron chi connectivity index (χ1n) is 6.36. The van der Waals surface area contributed by atoms with Crippen molar-refractivity contribution in [2.24, 2.45) is 0 Å². The number of ether oxygens (including phenoxy) is 1. The average molecular weight is 352 g/mol. The summed E-state index contributed by atoms with van der Waals surface area (Å²) >= 11 is 0. The van der Waals surface area contributed by atoms with E-state index in [1.165, 1.54) is 0 Å². The number of rotatable bonds is 7. The topological polar surface area (TPSA) is 179 Å². The molecule has 1 aromatic rings. The number of phenols is 1. The molecule has 25 heavy (non-hydrogen) atoms. The molecule has 5 N–H and O–H groups in total. The van der Waals surface area contributed by atoms with Crippen molar-refractivity contribution in [3.8, 4) is 11.5 Å². The summed E-state index contributed by atoms with van der Waals surface area (Å²) < 4.78 is 4.74. The molecule has 1 aromatic carbocycles. The van der Waals surface area contributed by atoms with Crippen LogP contribution in [0.15, 0.2) is 35.6 Å². The van der Waals surface area contributed by atoms with Gasteiger partial charge in [-0.25, -0.2) is 14.4 Å². The van der Waals surface area contributed by atoms with Crippen LogP contribution in [0.1, 0.15) is 20.7 Å². The van der Waals surface area contributed by atoms with Crippen molar-refractivity contribution in [2.45, 2.75) is 0 Å². The minimum Gasteiger partial charge on any atom is -0.504 e. The number of carbonyl (C=O) groups is 4.